The van der Waals surface area contributed by atoms with Crippen molar-refractivity contribution in [1.29, 1.82) is 0 Å². The zero-order valence-electron chi connectivity index (χ0n) is 13.0. The molecule has 0 unspecified atom stereocenters. The molecule has 0 spiro atoms. The van der Waals surface area contributed by atoms with Gasteiger partial charge in [0, 0.05) is 36.1 Å². The molecule has 2 aromatic rings. The number of aromatic nitrogens is 1. The normalized spacial score (nSPS) is 11.2. The zero-order valence-corrected chi connectivity index (χ0v) is 13.0. The molecule has 0 aliphatic heterocycles. The van der Waals surface area contributed by atoms with Gasteiger partial charge in [0.15, 0.2) is 5.43 Å². The van der Waals surface area contributed by atoms with E-state index in [1.165, 1.54) is 10.6 Å². The predicted molar refractivity (Wildman–Crippen MR) is 83.2 cm³/mol. The van der Waals surface area contributed by atoms with Crippen LogP contribution in [0.1, 0.15) is 25.1 Å². The Labute approximate surface area is 128 Å². The van der Waals surface area contributed by atoms with Gasteiger partial charge in [0.25, 0.3) is 0 Å². The monoisotopic (exact) mass is 306 g/mol. The number of nitrogens with one attached hydrogen (secondary N) is 1. The predicted octanol–water partition coefficient (Wildman–Crippen LogP) is 3.17. The van der Waals surface area contributed by atoms with E-state index < -0.39 is 11.6 Å². The van der Waals surface area contributed by atoms with Gasteiger partial charge >= 0.3 is 0 Å². The third-order valence-corrected chi connectivity index (χ3v) is 3.36. The van der Waals surface area contributed by atoms with Crippen LogP contribution in [0.25, 0.3) is 5.69 Å². The first-order valence-electron chi connectivity index (χ1n) is 7.27. The minimum absolute atomic E-state index is 0.0996. The fourth-order valence-corrected chi connectivity index (χ4v) is 2.23. The number of halogens is 2. The number of rotatable bonds is 5. The zero-order chi connectivity index (χ0) is 16.3. The summed E-state index contributed by atoms with van der Waals surface area (Å²) in [5, 5.41) is 3.18. The quantitative estimate of drug-likeness (QED) is 0.920. The molecule has 1 heterocycles. The molecule has 5 heteroatoms. The highest BCUT2D eigenvalue weighted by molar-refractivity contribution is 5.37. The summed E-state index contributed by atoms with van der Waals surface area (Å²) in [5.74, 6) is -0.587. The Morgan fingerprint density at radius 2 is 1.95 bits per heavy atom. The van der Waals surface area contributed by atoms with Gasteiger partial charge in [-0.3, -0.25) is 4.79 Å². The minimum Gasteiger partial charge on any atom is -0.318 e. The van der Waals surface area contributed by atoms with Crippen molar-refractivity contribution in [3.8, 4) is 5.69 Å². The third kappa shape index (κ3) is 3.80. The Balaban J connectivity index is 2.40. The van der Waals surface area contributed by atoms with Crippen LogP contribution in [0.2, 0.25) is 0 Å². The summed E-state index contributed by atoms with van der Waals surface area (Å²) in [6.07, 6.45) is 1.57. The first kappa shape index (κ1) is 16.4. The SMILES string of the molecule is Cc1cc(=O)c(CNCC(C)C)cn1-c1cc(F)ccc1F. The van der Waals surface area contributed by atoms with Crippen LogP contribution in [0.15, 0.2) is 35.3 Å². The Morgan fingerprint density at radius 1 is 1.23 bits per heavy atom. The molecule has 0 aliphatic carbocycles. The highest BCUT2D eigenvalue weighted by Crippen LogP contribution is 2.17. The van der Waals surface area contributed by atoms with Crippen LogP contribution in [-0.4, -0.2) is 11.1 Å². The molecule has 118 valence electrons. The largest absolute Gasteiger partial charge is 0.318 e. The molecular weight excluding hydrogens is 286 g/mol. The summed E-state index contributed by atoms with van der Waals surface area (Å²) in [5.41, 5.74) is 1.07. The van der Waals surface area contributed by atoms with Crippen LogP contribution in [0, 0.1) is 24.5 Å². The van der Waals surface area contributed by atoms with E-state index in [4.69, 9.17) is 0 Å². The highest BCUT2D eigenvalue weighted by Gasteiger charge is 2.10. The number of nitrogens with zero attached hydrogens (tertiary/aromatic N) is 1. The fraction of sp³-hybridized carbons (Fsp3) is 0.353. The van der Waals surface area contributed by atoms with Gasteiger partial charge in [-0.25, -0.2) is 8.78 Å². The van der Waals surface area contributed by atoms with Crippen LogP contribution in [0.5, 0.6) is 0 Å². The molecule has 0 bridgehead atoms. The summed E-state index contributed by atoms with van der Waals surface area (Å²) in [6.45, 7) is 7.01. The van der Waals surface area contributed by atoms with E-state index in [2.05, 4.69) is 19.2 Å². The maximum Gasteiger partial charge on any atom is 0.186 e. The molecule has 1 aromatic carbocycles. The second-order valence-corrected chi connectivity index (χ2v) is 5.79. The summed E-state index contributed by atoms with van der Waals surface area (Å²) >= 11 is 0. The molecule has 22 heavy (non-hydrogen) atoms. The van der Waals surface area contributed by atoms with E-state index in [0.29, 0.717) is 23.7 Å². The van der Waals surface area contributed by atoms with Crippen molar-refractivity contribution in [3.63, 3.8) is 0 Å². The molecule has 0 atom stereocenters. The van der Waals surface area contributed by atoms with E-state index in [-0.39, 0.29) is 11.1 Å². The van der Waals surface area contributed by atoms with Crippen molar-refractivity contribution in [3.05, 3.63) is 63.6 Å². The Bertz CT molecular complexity index is 723. The van der Waals surface area contributed by atoms with Gasteiger partial charge in [-0.15, -0.1) is 0 Å². The van der Waals surface area contributed by atoms with Crippen molar-refractivity contribution >= 4 is 0 Å². The van der Waals surface area contributed by atoms with Crippen LogP contribution in [-0.2, 0) is 6.54 Å². The average molecular weight is 306 g/mol. The van der Waals surface area contributed by atoms with Gasteiger partial charge in [0.05, 0.1) is 5.69 Å². The lowest BCUT2D eigenvalue weighted by atomic mass is 10.2. The van der Waals surface area contributed by atoms with E-state index in [0.717, 1.165) is 24.7 Å². The molecule has 0 saturated carbocycles. The number of benzene rings is 1. The standard InChI is InChI=1S/C17H20F2N2O/c1-11(2)8-20-9-13-10-21(12(3)6-17(13)22)16-7-14(18)4-5-15(16)19/h4-7,10-11,20H,8-9H2,1-3H3. The number of hydrogen-bond acceptors (Lipinski definition) is 2. The fourth-order valence-electron chi connectivity index (χ4n) is 2.23. The van der Waals surface area contributed by atoms with Crippen LogP contribution in [0.4, 0.5) is 8.78 Å². The molecule has 0 amide bonds. The van der Waals surface area contributed by atoms with Crippen LogP contribution < -0.4 is 10.7 Å². The summed E-state index contributed by atoms with van der Waals surface area (Å²) in [7, 11) is 0. The maximum atomic E-state index is 13.9. The van der Waals surface area contributed by atoms with Crippen LogP contribution in [0.3, 0.4) is 0 Å². The molecule has 3 nitrogen and oxygen atoms in total. The van der Waals surface area contributed by atoms with E-state index >= 15 is 0 Å². The van der Waals surface area contributed by atoms with Crippen molar-refractivity contribution < 1.29 is 8.78 Å². The topological polar surface area (TPSA) is 34.0 Å². The lowest BCUT2D eigenvalue weighted by molar-refractivity contribution is 0.549. The summed E-state index contributed by atoms with van der Waals surface area (Å²) in [6, 6.07) is 4.72. The van der Waals surface area contributed by atoms with Gasteiger partial charge in [-0.2, -0.15) is 0 Å². The van der Waals surface area contributed by atoms with Gasteiger partial charge in [0.2, 0.25) is 0 Å². The second-order valence-electron chi connectivity index (χ2n) is 5.79. The molecule has 2 rings (SSSR count). The van der Waals surface area contributed by atoms with Crippen molar-refractivity contribution in [2.75, 3.05) is 6.54 Å². The van der Waals surface area contributed by atoms with Crippen molar-refractivity contribution in [1.82, 2.24) is 9.88 Å². The highest BCUT2D eigenvalue weighted by atomic mass is 19.1. The molecular formula is C17H20F2N2O. The van der Waals surface area contributed by atoms with Crippen LogP contribution >= 0.6 is 0 Å². The molecule has 1 aromatic heterocycles. The number of aryl methyl sites for hydroxylation is 1. The molecule has 0 fully saturated rings. The molecule has 0 saturated heterocycles. The Morgan fingerprint density at radius 3 is 2.64 bits per heavy atom. The van der Waals surface area contributed by atoms with Crippen molar-refractivity contribution in [2.45, 2.75) is 27.3 Å². The van der Waals surface area contributed by atoms with E-state index in [1.54, 1.807) is 13.1 Å². The summed E-state index contributed by atoms with van der Waals surface area (Å²) < 4.78 is 28.8. The first-order chi connectivity index (χ1) is 10.4. The number of hydrogen-bond donors (Lipinski definition) is 1. The molecule has 0 aliphatic rings. The lowest BCUT2D eigenvalue weighted by Crippen LogP contribution is -2.24. The van der Waals surface area contributed by atoms with E-state index in [9.17, 15) is 13.6 Å². The lowest BCUT2D eigenvalue weighted by Gasteiger charge is -2.14. The van der Waals surface area contributed by atoms with Crippen molar-refractivity contribution in [2.24, 2.45) is 5.92 Å². The van der Waals surface area contributed by atoms with Gasteiger partial charge in [-0.1, -0.05) is 13.8 Å². The van der Waals surface area contributed by atoms with Gasteiger partial charge in [0.1, 0.15) is 11.6 Å². The third-order valence-electron chi connectivity index (χ3n) is 3.36. The second kappa shape index (κ2) is 6.83. The first-order valence-corrected chi connectivity index (χ1v) is 7.27. The molecule has 1 N–H and O–H groups in total. The number of pyridine rings is 1. The average Bonchev–Trinajstić information content (AvgIpc) is 2.44. The Kier molecular flexibility index (Phi) is 5.08. The Hall–Kier alpha value is -2.01. The van der Waals surface area contributed by atoms with Gasteiger partial charge < -0.3 is 9.88 Å². The smallest absolute Gasteiger partial charge is 0.186 e. The maximum absolute atomic E-state index is 13.9. The van der Waals surface area contributed by atoms with E-state index in [1.807, 2.05) is 0 Å². The van der Waals surface area contributed by atoms with Gasteiger partial charge in [-0.05, 0) is 31.5 Å². The molecule has 0 radical (unpaired) electrons. The summed E-state index contributed by atoms with van der Waals surface area (Å²) in [4.78, 5) is 12.0. The minimum atomic E-state index is -0.533.